The van der Waals surface area contributed by atoms with Gasteiger partial charge in [0.15, 0.2) is 0 Å². The molecule has 2 N–H and O–H groups in total. The number of aryl methyl sites for hydroxylation is 1. The fourth-order valence-corrected chi connectivity index (χ4v) is 2.29. The van der Waals surface area contributed by atoms with E-state index in [0.717, 1.165) is 17.1 Å². The van der Waals surface area contributed by atoms with Gasteiger partial charge in [0, 0.05) is 17.5 Å². The van der Waals surface area contributed by atoms with Gasteiger partial charge in [-0.05, 0) is 13.3 Å². The molecule has 0 radical (unpaired) electrons. The molecule has 6 heteroatoms. The number of thiazole rings is 1. The molecule has 1 rings (SSSR count). The predicted octanol–water partition coefficient (Wildman–Crippen LogP) is 1.88. The second-order valence-electron chi connectivity index (χ2n) is 3.75. The molecule has 0 aliphatic rings. The monoisotopic (exact) mass is 256 g/mol. The molecular formula is C11H16N2O3S. The van der Waals surface area contributed by atoms with E-state index < -0.39 is 5.97 Å². The second kappa shape index (κ2) is 6.34. The average Bonchev–Trinajstić information content (AvgIpc) is 2.69. The molecule has 0 spiro atoms. The van der Waals surface area contributed by atoms with Gasteiger partial charge < -0.3 is 10.4 Å². The summed E-state index contributed by atoms with van der Waals surface area (Å²) in [5.41, 5.74) is 0.934. The summed E-state index contributed by atoms with van der Waals surface area (Å²) < 4.78 is 0. The zero-order chi connectivity index (χ0) is 12.8. The number of hydrogen-bond donors (Lipinski definition) is 2. The summed E-state index contributed by atoms with van der Waals surface area (Å²) in [7, 11) is 0. The Bertz CT molecular complexity index is 403. The number of carboxylic acids is 1. The van der Waals surface area contributed by atoms with E-state index in [-0.39, 0.29) is 24.8 Å². The van der Waals surface area contributed by atoms with E-state index in [2.05, 4.69) is 10.3 Å². The van der Waals surface area contributed by atoms with Gasteiger partial charge in [0.1, 0.15) is 5.01 Å². The van der Waals surface area contributed by atoms with Crippen LogP contribution in [0.15, 0.2) is 5.38 Å². The lowest BCUT2D eigenvalue weighted by atomic mass is 10.2. The third kappa shape index (κ3) is 4.52. The van der Waals surface area contributed by atoms with Crippen molar-refractivity contribution in [1.82, 2.24) is 10.3 Å². The van der Waals surface area contributed by atoms with Crippen molar-refractivity contribution in [3.05, 3.63) is 16.1 Å². The van der Waals surface area contributed by atoms with Crippen LogP contribution in [0.2, 0.25) is 0 Å². The molecule has 0 bridgehead atoms. The molecule has 1 aromatic rings. The van der Waals surface area contributed by atoms with Gasteiger partial charge in [-0.15, -0.1) is 11.3 Å². The van der Waals surface area contributed by atoms with Crippen molar-refractivity contribution in [3.8, 4) is 0 Å². The van der Waals surface area contributed by atoms with E-state index in [9.17, 15) is 9.59 Å². The molecule has 1 heterocycles. The van der Waals surface area contributed by atoms with Crippen LogP contribution in [0, 0.1) is 6.92 Å². The van der Waals surface area contributed by atoms with Gasteiger partial charge in [0.25, 0.3) is 0 Å². The molecule has 5 nitrogen and oxygen atoms in total. The van der Waals surface area contributed by atoms with Gasteiger partial charge in [-0.1, -0.05) is 6.92 Å². The molecule has 0 saturated heterocycles. The third-order valence-electron chi connectivity index (χ3n) is 2.24. The third-order valence-corrected chi connectivity index (χ3v) is 3.32. The Balaban J connectivity index is 2.52. The Hall–Kier alpha value is -1.43. The number of carbonyl (C=O) groups excluding carboxylic acids is 1. The first-order valence-electron chi connectivity index (χ1n) is 5.46. The minimum Gasteiger partial charge on any atom is -0.481 e. The molecule has 0 aliphatic carbocycles. The second-order valence-corrected chi connectivity index (χ2v) is 4.64. The molecule has 0 aliphatic heterocycles. The Kier molecular flexibility index (Phi) is 5.09. The van der Waals surface area contributed by atoms with Crippen LogP contribution in [-0.4, -0.2) is 22.0 Å². The van der Waals surface area contributed by atoms with Crippen molar-refractivity contribution in [2.45, 2.75) is 39.2 Å². The topological polar surface area (TPSA) is 79.3 Å². The molecule has 1 amide bonds. The fraction of sp³-hybridized carbons (Fsp3) is 0.545. The first-order valence-corrected chi connectivity index (χ1v) is 6.34. The zero-order valence-corrected chi connectivity index (χ0v) is 10.7. The first kappa shape index (κ1) is 13.6. The van der Waals surface area contributed by atoms with Crippen LogP contribution in [0.4, 0.5) is 0 Å². The summed E-state index contributed by atoms with van der Waals surface area (Å²) in [6.07, 6.45) is 0.612. The number of rotatable bonds is 6. The number of carbonyl (C=O) groups is 2. The summed E-state index contributed by atoms with van der Waals surface area (Å²) in [4.78, 5) is 26.2. The van der Waals surface area contributed by atoms with Crippen molar-refractivity contribution in [2.24, 2.45) is 0 Å². The number of amides is 1. The number of nitrogens with zero attached hydrogens (tertiary/aromatic N) is 1. The van der Waals surface area contributed by atoms with Gasteiger partial charge in [0.05, 0.1) is 12.5 Å². The van der Waals surface area contributed by atoms with E-state index in [1.165, 1.54) is 11.3 Å². The summed E-state index contributed by atoms with van der Waals surface area (Å²) in [6, 6.07) is -0.116. The molecule has 0 saturated carbocycles. The number of nitrogens with one attached hydrogen (secondary N) is 1. The SMILES string of the molecule is CCC(NC(=O)CCC(=O)O)c1nc(C)cs1. The quantitative estimate of drug-likeness (QED) is 0.814. The van der Waals surface area contributed by atoms with Gasteiger partial charge >= 0.3 is 5.97 Å². The average molecular weight is 256 g/mol. The van der Waals surface area contributed by atoms with E-state index in [0.29, 0.717) is 0 Å². The van der Waals surface area contributed by atoms with E-state index in [4.69, 9.17) is 5.11 Å². The Labute approximate surface area is 104 Å². The first-order chi connectivity index (χ1) is 8.02. The number of carboxylic acid groups (broad SMARTS) is 1. The van der Waals surface area contributed by atoms with E-state index in [1.807, 2.05) is 19.2 Å². The van der Waals surface area contributed by atoms with Crippen LogP contribution >= 0.6 is 11.3 Å². The molecule has 0 aromatic carbocycles. The van der Waals surface area contributed by atoms with Crippen LogP contribution in [-0.2, 0) is 9.59 Å². The van der Waals surface area contributed by atoms with Crippen molar-refractivity contribution < 1.29 is 14.7 Å². The highest BCUT2D eigenvalue weighted by Crippen LogP contribution is 2.20. The standard InChI is InChI=1S/C11H16N2O3S/c1-3-8(11-12-7(2)6-17-11)13-9(14)4-5-10(15)16/h6,8H,3-5H2,1-2H3,(H,13,14)(H,15,16). The minimum atomic E-state index is -0.960. The van der Waals surface area contributed by atoms with Gasteiger partial charge in [0.2, 0.25) is 5.91 Å². The van der Waals surface area contributed by atoms with Crippen LogP contribution in [0.1, 0.15) is 42.9 Å². The number of hydrogen-bond acceptors (Lipinski definition) is 4. The minimum absolute atomic E-state index is 0.0101. The maximum Gasteiger partial charge on any atom is 0.303 e. The molecular weight excluding hydrogens is 240 g/mol. The zero-order valence-electron chi connectivity index (χ0n) is 9.90. The molecule has 1 atom stereocenters. The van der Waals surface area contributed by atoms with Crippen LogP contribution in [0.25, 0.3) is 0 Å². The molecule has 1 aromatic heterocycles. The maximum absolute atomic E-state index is 11.5. The number of aliphatic carboxylic acids is 1. The Morgan fingerprint density at radius 2 is 2.24 bits per heavy atom. The normalized spacial score (nSPS) is 12.1. The lowest BCUT2D eigenvalue weighted by molar-refractivity contribution is -0.138. The smallest absolute Gasteiger partial charge is 0.303 e. The largest absolute Gasteiger partial charge is 0.481 e. The molecule has 17 heavy (non-hydrogen) atoms. The van der Waals surface area contributed by atoms with Crippen LogP contribution in [0.3, 0.4) is 0 Å². The Morgan fingerprint density at radius 1 is 1.53 bits per heavy atom. The lowest BCUT2D eigenvalue weighted by Gasteiger charge is -2.13. The van der Waals surface area contributed by atoms with E-state index in [1.54, 1.807) is 0 Å². The lowest BCUT2D eigenvalue weighted by Crippen LogP contribution is -2.28. The van der Waals surface area contributed by atoms with Crippen molar-refractivity contribution in [3.63, 3.8) is 0 Å². The predicted molar refractivity (Wildman–Crippen MR) is 64.9 cm³/mol. The molecule has 1 unspecified atom stereocenters. The summed E-state index contributed by atoms with van der Waals surface area (Å²) >= 11 is 1.51. The van der Waals surface area contributed by atoms with Crippen molar-refractivity contribution in [1.29, 1.82) is 0 Å². The van der Waals surface area contributed by atoms with E-state index >= 15 is 0 Å². The molecule has 94 valence electrons. The van der Waals surface area contributed by atoms with Crippen molar-refractivity contribution >= 4 is 23.2 Å². The fourth-order valence-electron chi connectivity index (χ4n) is 1.36. The molecule has 0 fully saturated rings. The highest BCUT2D eigenvalue weighted by molar-refractivity contribution is 7.09. The number of aromatic nitrogens is 1. The highest BCUT2D eigenvalue weighted by Gasteiger charge is 2.16. The summed E-state index contributed by atoms with van der Waals surface area (Å²) in [5.74, 6) is -1.20. The van der Waals surface area contributed by atoms with Crippen molar-refractivity contribution in [2.75, 3.05) is 0 Å². The summed E-state index contributed by atoms with van der Waals surface area (Å²) in [5, 5.41) is 14.1. The highest BCUT2D eigenvalue weighted by atomic mass is 32.1. The van der Waals surface area contributed by atoms with Crippen LogP contribution in [0.5, 0.6) is 0 Å². The summed E-state index contributed by atoms with van der Waals surface area (Å²) in [6.45, 7) is 3.86. The van der Waals surface area contributed by atoms with Gasteiger partial charge in [-0.25, -0.2) is 4.98 Å². The maximum atomic E-state index is 11.5. The van der Waals surface area contributed by atoms with Gasteiger partial charge in [-0.2, -0.15) is 0 Å². The van der Waals surface area contributed by atoms with Crippen LogP contribution < -0.4 is 5.32 Å². The Morgan fingerprint density at radius 3 is 2.71 bits per heavy atom. The van der Waals surface area contributed by atoms with Gasteiger partial charge in [-0.3, -0.25) is 9.59 Å².